The number of piperidine rings is 1. The van der Waals surface area contributed by atoms with E-state index in [1.807, 2.05) is 0 Å². The molecular formula is C19H37N5. The Hall–Kier alpha value is -0.200. The van der Waals surface area contributed by atoms with Crippen LogP contribution in [0.2, 0.25) is 0 Å². The highest BCUT2D eigenvalue weighted by Crippen LogP contribution is 2.25. The summed E-state index contributed by atoms with van der Waals surface area (Å²) in [6.07, 6.45) is 5.62. The SMILES string of the molecule is CN1CCN(C2CNCCC2CN2CCC(N3CCCC3)C2)CC1. The molecule has 0 aromatic rings. The first-order chi connectivity index (χ1) is 11.8. The van der Waals surface area contributed by atoms with E-state index >= 15 is 0 Å². The largest absolute Gasteiger partial charge is 0.315 e. The van der Waals surface area contributed by atoms with E-state index in [1.54, 1.807) is 0 Å². The van der Waals surface area contributed by atoms with E-state index < -0.39 is 0 Å². The lowest BCUT2D eigenvalue weighted by atomic mass is 9.90. The van der Waals surface area contributed by atoms with Gasteiger partial charge in [-0.25, -0.2) is 0 Å². The Labute approximate surface area is 148 Å². The molecule has 4 aliphatic rings. The molecule has 0 amide bonds. The van der Waals surface area contributed by atoms with Crippen LogP contribution in [0.4, 0.5) is 0 Å². The first kappa shape index (κ1) is 17.2. The van der Waals surface area contributed by atoms with Gasteiger partial charge < -0.3 is 15.1 Å². The number of rotatable bonds is 4. The zero-order valence-electron chi connectivity index (χ0n) is 15.6. The number of likely N-dealkylation sites (tertiary alicyclic amines) is 2. The van der Waals surface area contributed by atoms with Gasteiger partial charge in [0.1, 0.15) is 0 Å². The lowest BCUT2D eigenvalue weighted by Gasteiger charge is -2.44. The average Bonchev–Trinajstić information content (AvgIpc) is 3.27. The maximum atomic E-state index is 3.67. The fourth-order valence-corrected chi connectivity index (χ4v) is 5.40. The number of likely N-dealkylation sites (N-methyl/N-ethyl adjacent to an activating group) is 1. The van der Waals surface area contributed by atoms with Gasteiger partial charge in [0.05, 0.1) is 0 Å². The Morgan fingerprint density at radius 1 is 0.875 bits per heavy atom. The van der Waals surface area contributed by atoms with Crippen molar-refractivity contribution >= 4 is 0 Å². The van der Waals surface area contributed by atoms with Crippen LogP contribution in [0.3, 0.4) is 0 Å². The van der Waals surface area contributed by atoms with Gasteiger partial charge in [0.15, 0.2) is 0 Å². The van der Waals surface area contributed by atoms with Gasteiger partial charge in [0, 0.05) is 57.9 Å². The first-order valence-corrected chi connectivity index (χ1v) is 10.4. The van der Waals surface area contributed by atoms with Crippen LogP contribution in [0, 0.1) is 5.92 Å². The number of nitrogens with one attached hydrogen (secondary N) is 1. The third-order valence-electron chi connectivity index (χ3n) is 6.99. The Bertz CT molecular complexity index is 389. The van der Waals surface area contributed by atoms with E-state index in [1.165, 1.54) is 97.7 Å². The molecule has 24 heavy (non-hydrogen) atoms. The normalized spacial score (nSPS) is 38.1. The summed E-state index contributed by atoms with van der Waals surface area (Å²) in [5, 5.41) is 3.67. The second-order valence-electron chi connectivity index (χ2n) is 8.60. The maximum Gasteiger partial charge on any atom is 0.0262 e. The number of nitrogens with zero attached hydrogens (tertiary/aromatic N) is 4. The molecule has 0 radical (unpaired) electrons. The summed E-state index contributed by atoms with van der Waals surface area (Å²) in [5.41, 5.74) is 0. The minimum absolute atomic E-state index is 0.762. The molecule has 4 saturated heterocycles. The molecule has 1 N–H and O–H groups in total. The summed E-state index contributed by atoms with van der Waals surface area (Å²) in [6.45, 7) is 14.1. The van der Waals surface area contributed by atoms with Crippen molar-refractivity contribution in [2.45, 2.75) is 37.8 Å². The Kier molecular flexibility index (Phi) is 5.74. The van der Waals surface area contributed by atoms with Crippen LogP contribution in [-0.2, 0) is 0 Å². The van der Waals surface area contributed by atoms with Crippen LogP contribution in [-0.4, -0.2) is 111 Å². The summed E-state index contributed by atoms with van der Waals surface area (Å²) in [4.78, 5) is 10.8. The number of hydrogen-bond acceptors (Lipinski definition) is 5. The molecule has 0 aromatic heterocycles. The predicted octanol–water partition coefficient (Wildman–Crippen LogP) is 0.382. The zero-order valence-corrected chi connectivity index (χ0v) is 15.6. The summed E-state index contributed by atoms with van der Waals surface area (Å²) >= 11 is 0. The van der Waals surface area contributed by atoms with Gasteiger partial charge in [-0.2, -0.15) is 0 Å². The molecule has 4 heterocycles. The van der Waals surface area contributed by atoms with Gasteiger partial charge in [-0.15, -0.1) is 0 Å². The molecule has 4 rings (SSSR count). The first-order valence-electron chi connectivity index (χ1n) is 10.4. The van der Waals surface area contributed by atoms with Crippen LogP contribution < -0.4 is 5.32 Å². The van der Waals surface area contributed by atoms with Crippen molar-refractivity contribution in [1.82, 2.24) is 24.9 Å². The van der Waals surface area contributed by atoms with Gasteiger partial charge >= 0.3 is 0 Å². The fraction of sp³-hybridized carbons (Fsp3) is 1.00. The van der Waals surface area contributed by atoms with Gasteiger partial charge in [-0.05, 0) is 64.8 Å². The van der Waals surface area contributed by atoms with E-state index in [2.05, 4.69) is 32.0 Å². The predicted molar refractivity (Wildman–Crippen MR) is 99.5 cm³/mol. The second-order valence-corrected chi connectivity index (χ2v) is 8.60. The summed E-state index contributed by atoms with van der Waals surface area (Å²) in [6, 6.07) is 1.62. The van der Waals surface area contributed by atoms with Gasteiger partial charge in [0.2, 0.25) is 0 Å². The molecule has 3 unspecified atom stereocenters. The molecule has 4 fully saturated rings. The summed E-state index contributed by atoms with van der Waals surface area (Å²) < 4.78 is 0. The smallest absolute Gasteiger partial charge is 0.0262 e. The van der Waals surface area contributed by atoms with Crippen molar-refractivity contribution in [2.24, 2.45) is 5.92 Å². The molecule has 5 heteroatoms. The van der Waals surface area contributed by atoms with Crippen LogP contribution in [0.15, 0.2) is 0 Å². The minimum atomic E-state index is 0.762. The molecule has 0 spiro atoms. The van der Waals surface area contributed by atoms with Gasteiger partial charge in [0.25, 0.3) is 0 Å². The lowest BCUT2D eigenvalue weighted by molar-refractivity contribution is 0.0526. The monoisotopic (exact) mass is 335 g/mol. The highest BCUT2D eigenvalue weighted by Gasteiger charge is 2.35. The van der Waals surface area contributed by atoms with Crippen molar-refractivity contribution < 1.29 is 0 Å². The van der Waals surface area contributed by atoms with E-state index in [0.717, 1.165) is 18.0 Å². The highest BCUT2D eigenvalue weighted by atomic mass is 15.3. The second kappa shape index (κ2) is 8.00. The van der Waals surface area contributed by atoms with Crippen molar-refractivity contribution in [3.63, 3.8) is 0 Å². The maximum absolute atomic E-state index is 3.67. The quantitative estimate of drug-likeness (QED) is 0.801. The molecular weight excluding hydrogens is 298 g/mol. The summed E-state index contributed by atoms with van der Waals surface area (Å²) in [5.74, 6) is 0.868. The van der Waals surface area contributed by atoms with Crippen molar-refractivity contribution in [1.29, 1.82) is 0 Å². The van der Waals surface area contributed by atoms with Crippen LogP contribution in [0.25, 0.3) is 0 Å². The van der Waals surface area contributed by atoms with E-state index in [0.29, 0.717) is 0 Å². The lowest BCUT2D eigenvalue weighted by Crippen LogP contribution is -2.58. The molecule has 5 nitrogen and oxygen atoms in total. The number of hydrogen-bond donors (Lipinski definition) is 1. The van der Waals surface area contributed by atoms with Gasteiger partial charge in [-0.1, -0.05) is 0 Å². The average molecular weight is 336 g/mol. The zero-order chi connectivity index (χ0) is 16.4. The highest BCUT2D eigenvalue weighted by molar-refractivity contribution is 4.92. The molecule has 0 bridgehead atoms. The summed E-state index contributed by atoms with van der Waals surface area (Å²) in [7, 11) is 2.26. The molecule has 138 valence electrons. The van der Waals surface area contributed by atoms with Crippen LogP contribution >= 0.6 is 0 Å². The Morgan fingerprint density at radius 2 is 1.67 bits per heavy atom. The molecule has 0 saturated carbocycles. The Morgan fingerprint density at radius 3 is 2.46 bits per heavy atom. The van der Waals surface area contributed by atoms with Crippen molar-refractivity contribution in [2.75, 3.05) is 79.0 Å². The third kappa shape index (κ3) is 3.96. The van der Waals surface area contributed by atoms with Crippen LogP contribution in [0.1, 0.15) is 25.7 Å². The molecule has 3 atom stereocenters. The fourth-order valence-electron chi connectivity index (χ4n) is 5.40. The molecule has 4 aliphatic heterocycles. The van der Waals surface area contributed by atoms with E-state index in [9.17, 15) is 0 Å². The van der Waals surface area contributed by atoms with Crippen molar-refractivity contribution in [3.05, 3.63) is 0 Å². The third-order valence-corrected chi connectivity index (χ3v) is 6.99. The topological polar surface area (TPSA) is 25.0 Å². The Balaban J connectivity index is 1.30. The number of piperazine rings is 1. The minimum Gasteiger partial charge on any atom is -0.315 e. The van der Waals surface area contributed by atoms with E-state index in [4.69, 9.17) is 0 Å². The van der Waals surface area contributed by atoms with Crippen LogP contribution in [0.5, 0.6) is 0 Å². The van der Waals surface area contributed by atoms with Gasteiger partial charge in [-0.3, -0.25) is 9.80 Å². The van der Waals surface area contributed by atoms with E-state index in [-0.39, 0.29) is 0 Å². The van der Waals surface area contributed by atoms with Crippen molar-refractivity contribution in [3.8, 4) is 0 Å². The molecule has 0 aliphatic carbocycles. The molecule has 0 aromatic carbocycles. The standard InChI is InChI=1S/C19H37N5/c1-21-10-12-24(13-11-21)19-14-20-6-4-17(19)15-22-9-5-18(16-22)23-7-2-3-8-23/h17-20H,2-16H2,1H3.